The summed E-state index contributed by atoms with van der Waals surface area (Å²) in [5.41, 5.74) is 1.35. The number of halogens is 1. The van der Waals surface area contributed by atoms with Crippen LogP contribution in [0.4, 0.5) is 0 Å². The number of benzene rings is 1. The Labute approximate surface area is 172 Å². The Morgan fingerprint density at radius 1 is 1.14 bits per heavy atom. The lowest BCUT2D eigenvalue weighted by Gasteiger charge is -2.30. The predicted molar refractivity (Wildman–Crippen MR) is 110 cm³/mol. The first kappa shape index (κ1) is 19.1. The smallest absolute Gasteiger partial charge is 0.256 e. The van der Waals surface area contributed by atoms with Gasteiger partial charge in [0.25, 0.3) is 5.91 Å². The lowest BCUT2D eigenvalue weighted by atomic mass is 10.1. The lowest BCUT2D eigenvalue weighted by molar-refractivity contribution is 0.0316. The van der Waals surface area contributed by atoms with Crippen LogP contribution in [0.25, 0.3) is 10.9 Å². The number of nitrogens with zero attached hydrogens (tertiary/aromatic N) is 3. The first-order valence-corrected chi connectivity index (χ1v) is 10.2. The average Bonchev–Trinajstić information content (AvgIpc) is 3.15. The molecule has 0 spiro atoms. The van der Waals surface area contributed by atoms with E-state index in [1.165, 1.54) is 0 Å². The van der Waals surface area contributed by atoms with Crippen LogP contribution < -0.4 is 0 Å². The number of furan rings is 1. The van der Waals surface area contributed by atoms with Gasteiger partial charge in [-0.1, -0.05) is 18.2 Å². The van der Waals surface area contributed by atoms with Crippen molar-refractivity contribution in [2.45, 2.75) is 6.54 Å². The Morgan fingerprint density at radius 2 is 1.96 bits per heavy atom. The molecule has 0 aliphatic carbocycles. The third-order valence-corrected chi connectivity index (χ3v) is 5.34. The monoisotopic (exact) mass is 443 g/mol. The molecule has 1 fully saturated rings. The molecule has 4 rings (SSSR count). The van der Waals surface area contributed by atoms with E-state index in [0.29, 0.717) is 23.3 Å². The predicted octanol–water partition coefficient (Wildman–Crippen LogP) is 3.56. The fourth-order valence-corrected chi connectivity index (χ4v) is 3.75. The number of pyridine rings is 1. The molecule has 0 saturated carbocycles. The van der Waals surface area contributed by atoms with Gasteiger partial charge in [-0.05, 0) is 40.2 Å². The molecule has 1 aromatic carbocycles. The zero-order valence-corrected chi connectivity index (χ0v) is 17.1. The minimum Gasteiger partial charge on any atom is -0.452 e. The second kappa shape index (κ2) is 8.86. The van der Waals surface area contributed by atoms with Crippen LogP contribution in [-0.2, 0) is 11.3 Å². The van der Waals surface area contributed by atoms with Crippen LogP contribution in [0.2, 0.25) is 0 Å². The van der Waals surface area contributed by atoms with Crippen molar-refractivity contribution in [2.75, 3.05) is 39.4 Å². The van der Waals surface area contributed by atoms with Crippen LogP contribution in [-0.4, -0.2) is 60.1 Å². The maximum Gasteiger partial charge on any atom is 0.256 e. The van der Waals surface area contributed by atoms with Crippen LogP contribution in [0, 0.1) is 0 Å². The fourth-order valence-electron chi connectivity index (χ4n) is 3.41. The molecule has 1 aliphatic rings. The summed E-state index contributed by atoms with van der Waals surface area (Å²) in [4.78, 5) is 22.0. The molecule has 0 bridgehead atoms. The van der Waals surface area contributed by atoms with Gasteiger partial charge in [0, 0.05) is 37.8 Å². The number of rotatable bonds is 6. The zero-order valence-electron chi connectivity index (χ0n) is 15.5. The number of carbonyl (C=O) groups excluding carboxylic acids is 1. The van der Waals surface area contributed by atoms with Crippen LogP contribution in [0.15, 0.2) is 57.7 Å². The van der Waals surface area contributed by atoms with Gasteiger partial charge in [-0.2, -0.15) is 0 Å². The van der Waals surface area contributed by atoms with Gasteiger partial charge in [-0.15, -0.1) is 0 Å². The molecular weight excluding hydrogens is 422 g/mol. The Bertz CT molecular complexity index is 947. The minimum absolute atomic E-state index is 0.0370. The van der Waals surface area contributed by atoms with E-state index in [0.717, 1.165) is 49.5 Å². The first-order valence-electron chi connectivity index (χ1n) is 9.38. The second-order valence-corrected chi connectivity index (χ2v) is 7.55. The van der Waals surface area contributed by atoms with Gasteiger partial charge in [-0.3, -0.25) is 14.7 Å². The van der Waals surface area contributed by atoms with Crippen molar-refractivity contribution in [3.63, 3.8) is 0 Å². The number of hydrogen-bond acceptors (Lipinski definition) is 5. The van der Waals surface area contributed by atoms with Gasteiger partial charge < -0.3 is 14.1 Å². The van der Waals surface area contributed by atoms with Crippen molar-refractivity contribution in [3.8, 4) is 0 Å². The second-order valence-electron chi connectivity index (χ2n) is 6.77. The number of fused-ring (bicyclic) bond motifs is 1. The molecule has 0 N–H and O–H groups in total. The highest BCUT2D eigenvalue weighted by Gasteiger charge is 2.21. The van der Waals surface area contributed by atoms with E-state index in [9.17, 15) is 4.79 Å². The van der Waals surface area contributed by atoms with E-state index in [1.807, 2.05) is 47.4 Å². The number of carbonyl (C=O) groups is 1. The van der Waals surface area contributed by atoms with Crippen LogP contribution in [0.3, 0.4) is 0 Å². The third-order valence-electron chi connectivity index (χ3n) is 4.92. The summed E-state index contributed by atoms with van der Waals surface area (Å²) in [6.07, 6.45) is 1.72. The number of aromatic nitrogens is 1. The Balaban J connectivity index is 1.58. The van der Waals surface area contributed by atoms with Crippen molar-refractivity contribution in [1.29, 1.82) is 0 Å². The molecular formula is C21H22BrN3O3. The van der Waals surface area contributed by atoms with Crippen LogP contribution in [0.1, 0.15) is 16.1 Å². The number of hydrogen-bond donors (Lipinski definition) is 0. The molecule has 0 unspecified atom stereocenters. The van der Waals surface area contributed by atoms with Crippen LogP contribution >= 0.6 is 15.9 Å². The fraction of sp³-hybridized carbons (Fsp3) is 0.333. The number of para-hydroxylation sites is 1. The van der Waals surface area contributed by atoms with Crippen molar-refractivity contribution in [3.05, 3.63) is 64.7 Å². The summed E-state index contributed by atoms with van der Waals surface area (Å²) < 4.78 is 11.7. The number of amides is 1. The van der Waals surface area contributed by atoms with Crippen LogP contribution in [0.5, 0.6) is 0 Å². The van der Waals surface area contributed by atoms with Gasteiger partial charge >= 0.3 is 0 Å². The van der Waals surface area contributed by atoms with E-state index in [1.54, 1.807) is 6.20 Å². The maximum atomic E-state index is 13.4. The van der Waals surface area contributed by atoms with E-state index in [2.05, 4.69) is 25.8 Å². The summed E-state index contributed by atoms with van der Waals surface area (Å²) in [5, 5.41) is 0.960. The highest BCUT2D eigenvalue weighted by atomic mass is 79.9. The highest BCUT2D eigenvalue weighted by Crippen LogP contribution is 2.21. The Hall–Kier alpha value is -2.22. The molecule has 6 nitrogen and oxygen atoms in total. The molecule has 2 aromatic heterocycles. The number of morpholine rings is 1. The topological polar surface area (TPSA) is 58.8 Å². The molecule has 1 aliphatic heterocycles. The van der Waals surface area contributed by atoms with E-state index < -0.39 is 0 Å². The molecule has 0 atom stereocenters. The lowest BCUT2D eigenvalue weighted by Crippen LogP contribution is -2.43. The average molecular weight is 444 g/mol. The van der Waals surface area contributed by atoms with Crippen molar-refractivity contribution in [2.24, 2.45) is 0 Å². The summed E-state index contributed by atoms with van der Waals surface area (Å²) in [6, 6.07) is 13.3. The summed E-state index contributed by atoms with van der Waals surface area (Å²) in [5.74, 6) is 0.709. The normalized spacial score (nSPS) is 15.0. The molecule has 3 heterocycles. The SMILES string of the molecule is O=C(c1cccc2cccnc12)N(CCN1CCOCC1)Cc1ccc(Br)o1. The summed E-state index contributed by atoms with van der Waals surface area (Å²) in [6.45, 7) is 5.10. The maximum absolute atomic E-state index is 13.4. The first-order chi connectivity index (χ1) is 13.7. The Morgan fingerprint density at radius 3 is 2.75 bits per heavy atom. The minimum atomic E-state index is -0.0370. The molecule has 3 aromatic rings. The molecule has 28 heavy (non-hydrogen) atoms. The molecule has 1 saturated heterocycles. The van der Waals surface area contributed by atoms with E-state index >= 15 is 0 Å². The van der Waals surface area contributed by atoms with Gasteiger partial charge in [0.15, 0.2) is 4.67 Å². The van der Waals surface area contributed by atoms with Crippen molar-refractivity contribution in [1.82, 2.24) is 14.8 Å². The third kappa shape index (κ3) is 4.43. The van der Waals surface area contributed by atoms with E-state index in [-0.39, 0.29) is 5.91 Å². The van der Waals surface area contributed by atoms with E-state index in [4.69, 9.17) is 9.15 Å². The van der Waals surface area contributed by atoms with Crippen molar-refractivity contribution >= 4 is 32.7 Å². The molecule has 146 valence electrons. The summed E-state index contributed by atoms with van der Waals surface area (Å²) >= 11 is 3.34. The molecule has 1 amide bonds. The molecule has 7 heteroatoms. The number of ether oxygens (including phenoxy) is 1. The zero-order chi connectivity index (χ0) is 19.3. The van der Waals surface area contributed by atoms with Gasteiger partial charge in [0.2, 0.25) is 0 Å². The quantitative estimate of drug-likeness (QED) is 0.582. The highest BCUT2D eigenvalue weighted by molar-refractivity contribution is 9.10. The summed E-state index contributed by atoms with van der Waals surface area (Å²) in [7, 11) is 0. The van der Waals surface area contributed by atoms with Crippen molar-refractivity contribution < 1.29 is 13.9 Å². The Kier molecular flexibility index (Phi) is 6.04. The van der Waals surface area contributed by atoms with Gasteiger partial charge in [-0.25, -0.2) is 0 Å². The van der Waals surface area contributed by atoms with Gasteiger partial charge in [0.1, 0.15) is 5.76 Å². The standard InChI is InChI=1S/C21H22BrN3O3/c22-19-7-6-17(28-19)15-25(10-9-24-11-13-27-14-12-24)21(26)18-5-1-3-16-4-2-8-23-20(16)18/h1-8H,9-15H2. The molecule has 0 radical (unpaired) electrons. The van der Waals surface area contributed by atoms with Gasteiger partial charge in [0.05, 0.1) is 30.8 Å². The largest absolute Gasteiger partial charge is 0.452 e.